The Morgan fingerprint density at radius 1 is 1.53 bits per heavy atom. The summed E-state index contributed by atoms with van der Waals surface area (Å²) in [6, 6.07) is -0.403. The van der Waals surface area contributed by atoms with E-state index in [1.807, 2.05) is 0 Å². The molecule has 0 spiro atoms. The fourth-order valence-corrected chi connectivity index (χ4v) is 2.32. The minimum atomic E-state index is -0.357. The van der Waals surface area contributed by atoms with Crippen LogP contribution in [0.25, 0.3) is 0 Å². The predicted octanol–water partition coefficient (Wildman–Crippen LogP) is -0.752. The number of likely N-dealkylation sites (tertiary alicyclic amines) is 1. The van der Waals surface area contributed by atoms with Gasteiger partial charge in [0, 0.05) is 13.0 Å². The molecular weight excluding hydrogens is 196 g/mol. The summed E-state index contributed by atoms with van der Waals surface area (Å²) in [5.41, 5.74) is 0. The number of amides is 2. The number of hydrogen-bond acceptors (Lipinski definition) is 3. The van der Waals surface area contributed by atoms with Gasteiger partial charge in [-0.05, 0) is 19.3 Å². The van der Waals surface area contributed by atoms with E-state index in [0.717, 1.165) is 12.8 Å². The quantitative estimate of drug-likeness (QED) is 0.632. The summed E-state index contributed by atoms with van der Waals surface area (Å²) in [5.74, 6) is -0.0782. The van der Waals surface area contributed by atoms with E-state index < -0.39 is 0 Å². The normalized spacial score (nSPS) is 30.7. The third-order valence-corrected chi connectivity index (χ3v) is 3.16. The molecule has 0 aromatic rings. The number of rotatable bonds is 2. The molecule has 0 bridgehead atoms. The maximum Gasteiger partial charge on any atom is 0.245 e. The highest BCUT2D eigenvalue weighted by Gasteiger charge is 2.35. The standard InChI is InChI=1S/C10H16N2O3/c13-6-7-2-1-5-12(7)10(15)8-3-4-9(14)11-8/h7-8,13H,1-6H2,(H,11,14)/t7-,8?/m0/s1. The van der Waals surface area contributed by atoms with Crippen molar-refractivity contribution in [1.29, 1.82) is 0 Å². The van der Waals surface area contributed by atoms with Crippen molar-refractivity contribution in [2.45, 2.75) is 37.8 Å². The Morgan fingerprint density at radius 3 is 2.93 bits per heavy atom. The van der Waals surface area contributed by atoms with E-state index in [1.165, 1.54) is 0 Å². The van der Waals surface area contributed by atoms with Crippen LogP contribution in [0.4, 0.5) is 0 Å². The van der Waals surface area contributed by atoms with Gasteiger partial charge in [0.25, 0.3) is 0 Å². The third kappa shape index (κ3) is 1.97. The summed E-state index contributed by atoms with van der Waals surface area (Å²) in [7, 11) is 0. The Hall–Kier alpha value is -1.10. The minimum Gasteiger partial charge on any atom is -0.394 e. The molecular formula is C10H16N2O3. The molecule has 0 aromatic carbocycles. The molecule has 0 aromatic heterocycles. The molecule has 2 aliphatic heterocycles. The molecule has 2 saturated heterocycles. The molecule has 0 saturated carbocycles. The Labute approximate surface area is 88.4 Å². The van der Waals surface area contributed by atoms with E-state index in [1.54, 1.807) is 4.90 Å². The van der Waals surface area contributed by atoms with Gasteiger partial charge in [0.1, 0.15) is 6.04 Å². The number of nitrogens with one attached hydrogen (secondary N) is 1. The van der Waals surface area contributed by atoms with Crippen molar-refractivity contribution in [3.8, 4) is 0 Å². The monoisotopic (exact) mass is 212 g/mol. The predicted molar refractivity (Wildman–Crippen MR) is 53.0 cm³/mol. The first kappa shape index (κ1) is 10.4. The largest absolute Gasteiger partial charge is 0.394 e. The first-order valence-corrected chi connectivity index (χ1v) is 5.43. The van der Waals surface area contributed by atoms with Gasteiger partial charge in [-0.3, -0.25) is 9.59 Å². The Morgan fingerprint density at radius 2 is 2.33 bits per heavy atom. The molecule has 84 valence electrons. The molecule has 1 unspecified atom stereocenters. The number of hydrogen-bond donors (Lipinski definition) is 2. The van der Waals surface area contributed by atoms with E-state index in [-0.39, 0.29) is 30.5 Å². The van der Waals surface area contributed by atoms with Crippen LogP contribution < -0.4 is 5.32 Å². The van der Waals surface area contributed by atoms with Crippen LogP contribution >= 0.6 is 0 Å². The summed E-state index contributed by atoms with van der Waals surface area (Å²) in [6.45, 7) is 0.725. The van der Waals surface area contributed by atoms with Gasteiger partial charge in [-0.1, -0.05) is 0 Å². The van der Waals surface area contributed by atoms with Crippen molar-refractivity contribution in [2.75, 3.05) is 13.2 Å². The van der Waals surface area contributed by atoms with Crippen LogP contribution in [0.1, 0.15) is 25.7 Å². The van der Waals surface area contributed by atoms with Gasteiger partial charge < -0.3 is 15.3 Å². The maximum absolute atomic E-state index is 12.0. The van der Waals surface area contributed by atoms with Crippen molar-refractivity contribution in [2.24, 2.45) is 0 Å². The lowest BCUT2D eigenvalue weighted by Gasteiger charge is -2.25. The molecule has 2 N–H and O–H groups in total. The van der Waals surface area contributed by atoms with Gasteiger partial charge in [-0.15, -0.1) is 0 Å². The summed E-state index contributed by atoms with van der Waals surface area (Å²) in [5, 5.41) is 11.8. The Balaban J connectivity index is 1.98. The van der Waals surface area contributed by atoms with Crippen molar-refractivity contribution in [3.63, 3.8) is 0 Å². The number of aliphatic hydroxyl groups is 1. The first-order chi connectivity index (χ1) is 7.22. The number of carbonyl (C=O) groups excluding carboxylic acids is 2. The Kier molecular flexibility index (Phi) is 2.90. The van der Waals surface area contributed by atoms with E-state index in [4.69, 9.17) is 5.11 Å². The highest BCUT2D eigenvalue weighted by atomic mass is 16.3. The average molecular weight is 212 g/mol. The van der Waals surface area contributed by atoms with E-state index >= 15 is 0 Å². The molecule has 2 fully saturated rings. The van der Waals surface area contributed by atoms with Crippen molar-refractivity contribution in [1.82, 2.24) is 10.2 Å². The number of carbonyl (C=O) groups is 2. The van der Waals surface area contributed by atoms with Crippen LogP contribution in [0.15, 0.2) is 0 Å². The average Bonchev–Trinajstić information content (AvgIpc) is 2.84. The topological polar surface area (TPSA) is 69.6 Å². The van der Waals surface area contributed by atoms with Crippen molar-refractivity contribution >= 4 is 11.8 Å². The van der Waals surface area contributed by atoms with Gasteiger partial charge in [-0.25, -0.2) is 0 Å². The SMILES string of the molecule is O=C1CCC(C(=O)N2CCC[C@H]2CO)N1. The summed E-state index contributed by atoms with van der Waals surface area (Å²) in [4.78, 5) is 24.7. The molecule has 2 aliphatic rings. The molecule has 2 rings (SSSR count). The molecule has 0 aliphatic carbocycles. The van der Waals surface area contributed by atoms with Crippen LogP contribution in [-0.4, -0.2) is 47.1 Å². The van der Waals surface area contributed by atoms with Crippen molar-refractivity contribution in [3.05, 3.63) is 0 Å². The lowest BCUT2D eigenvalue weighted by Crippen LogP contribution is -2.47. The van der Waals surface area contributed by atoms with Gasteiger partial charge in [-0.2, -0.15) is 0 Å². The van der Waals surface area contributed by atoms with Gasteiger partial charge in [0.2, 0.25) is 11.8 Å². The van der Waals surface area contributed by atoms with Crippen LogP contribution in [-0.2, 0) is 9.59 Å². The van der Waals surface area contributed by atoms with Crippen LogP contribution in [0.5, 0.6) is 0 Å². The highest BCUT2D eigenvalue weighted by Crippen LogP contribution is 2.20. The van der Waals surface area contributed by atoms with Gasteiger partial charge in [0.05, 0.1) is 12.6 Å². The summed E-state index contributed by atoms with van der Waals surface area (Å²) < 4.78 is 0. The molecule has 0 radical (unpaired) electrons. The van der Waals surface area contributed by atoms with Gasteiger partial charge >= 0.3 is 0 Å². The highest BCUT2D eigenvalue weighted by molar-refractivity contribution is 5.91. The summed E-state index contributed by atoms with van der Waals surface area (Å²) >= 11 is 0. The number of aliphatic hydroxyl groups excluding tert-OH is 1. The summed E-state index contributed by atoms with van der Waals surface area (Å²) in [6.07, 6.45) is 2.83. The smallest absolute Gasteiger partial charge is 0.245 e. The van der Waals surface area contributed by atoms with E-state index in [0.29, 0.717) is 19.4 Å². The minimum absolute atomic E-state index is 0.0202. The van der Waals surface area contributed by atoms with E-state index in [2.05, 4.69) is 5.32 Å². The fraction of sp³-hybridized carbons (Fsp3) is 0.800. The zero-order chi connectivity index (χ0) is 10.8. The van der Waals surface area contributed by atoms with E-state index in [9.17, 15) is 9.59 Å². The lowest BCUT2D eigenvalue weighted by molar-refractivity contribution is -0.135. The second-order valence-corrected chi connectivity index (χ2v) is 4.17. The first-order valence-electron chi connectivity index (χ1n) is 5.43. The second-order valence-electron chi connectivity index (χ2n) is 4.17. The van der Waals surface area contributed by atoms with Crippen molar-refractivity contribution < 1.29 is 14.7 Å². The number of nitrogens with zero attached hydrogens (tertiary/aromatic N) is 1. The molecule has 2 heterocycles. The molecule has 5 heteroatoms. The van der Waals surface area contributed by atoms with Crippen LogP contribution in [0, 0.1) is 0 Å². The zero-order valence-electron chi connectivity index (χ0n) is 8.61. The molecule has 15 heavy (non-hydrogen) atoms. The van der Waals surface area contributed by atoms with Gasteiger partial charge in [0.15, 0.2) is 0 Å². The maximum atomic E-state index is 12.0. The molecule has 2 atom stereocenters. The molecule has 2 amide bonds. The second kappa shape index (κ2) is 4.18. The zero-order valence-corrected chi connectivity index (χ0v) is 8.61. The van der Waals surface area contributed by atoms with Crippen LogP contribution in [0.3, 0.4) is 0 Å². The third-order valence-electron chi connectivity index (χ3n) is 3.16. The molecule has 5 nitrogen and oxygen atoms in total. The lowest BCUT2D eigenvalue weighted by atomic mass is 10.2. The Bertz CT molecular complexity index is 280. The fourth-order valence-electron chi connectivity index (χ4n) is 2.32. The van der Waals surface area contributed by atoms with Crippen LogP contribution in [0.2, 0.25) is 0 Å².